The van der Waals surface area contributed by atoms with Gasteiger partial charge >= 0.3 is 0 Å². The molecule has 0 atom stereocenters. The van der Waals surface area contributed by atoms with Crippen LogP contribution >= 0.6 is 11.3 Å². The minimum atomic E-state index is -0.0199. The number of hydrogen-bond acceptors (Lipinski definition) is 4. The molecule has 94 valence electrons. The number of rotatable bonds is 3. The molecule has 1 amide bonds. The highest BCUT2D eigenvalue weighted by atomic mass is 32.1. The zero-order valence-corrected chi connectivity index (χ0v) is 11.2. The lowest BCUT2D eigenvalue weighted by Gasteiger charge is -2.19. The third kappa shape index (κ3) is 2.36. The zero-order valence-electron chi connectivity index (χ0n) is 10.4. The number of amides is 1. The first-order valence-electron chi connectivity index (χ1n) is 5.71. The van der Waals surface area contributed by atoms with Gasteiger partial charge in [0.15, 0.2) is 0 Å². The Hall–Kier alpha value is -1.88. The van der Waals surface area contributed by atoms with Gasteiger partial charge in [-0.25, -0.2) is 0 Å². The molecule has 4 nitrogen and oxygen atoms in total. The summed E-state index contributed by atoms with van der Waals surface area (Å²) in [5.41, 5.74) is 7.31. The van der Waals surface area contributed by atoms with Crippen molar-refractivity contribution < 1.29 is 4.79 Å². The molecule has 0 saturated heterocycles. The van der Waals surface area contributed by atoms with E-state index in [-0.39, 0.29) is 5.91 Å². The Morgan fingerprint density at radius 1 is 1.44 bits per heavy atom. The fourth-order valence-corrected chi connectivity index (χ4v) is 2.59. The van der Waals surface area contributed by atoms with E-state index in [2.05, 4.69) is 4.98 Å². The maximum atomic E-state index is 12.4. The molecule has 0 unspecified atom stereocenters. The fraction of sp³-hybridized carbons (Fsp3) is 0.231. The number of anilines is 2. The molecular formula is C13H15N3OS. The lowest BCUT2D eigenvalue weighted by molar-refractivity contribution is 0.0992. The molecule has 2 rings (SSSR count). The number of nitrogen functional groups attached to an aromatic ring is 1. The number of carbonyl (C=O) groups is 1. The van der Waals surface area contributed by atoms with E-state index in [0.717, 1.165) is 10.6 Å². The molecule has 2 N–H and O–H groups in total. The number of hydrogen-bond donors (Lipinski definition) is 1. The van der Waals surface area contributed by atoms with Crippen molar-refractivity contribution in [1.82, 2.24) is 4.98 Å². The predicted molar refractivity (Wildman–Crippen MR) is 75.1 cm³/mol. The second kappa shape index (κ2) is 5.18. The molecule has 0 aromatic carbocycles. The van der Waals surface area contributed by atoms with Gasteiger partial charge in [0.05, 0.1) is 4.88 Å². The molecule has 2 aromatic rings. The van der Waals surface area contributed by atoms with Crippen LogP contribution in [0.15, 0.2) is 30.6 Å². The van der Waals surface area contributed by atoms with Crippen molar-refractivity contribution in [3.63, 3.8) is 0 Å². The predicted octanol–water partition coefficient (Wildman–Crippen LogP) is 2.70. The Bertz CT molecular complexity index is 531. The van der Waals surface area contributed by atoms with Gasteiger partial charge in [-0.3, -0.25) is 9.78 Å². The van der Waals surface area contributed by atoms with Crippen LogP contribution in [0.3, 0.4) is 0 Å². The SMILES string of the molecule is CCN(C(=O)c1cc(N)c(C)s1)c1ccncc1. The summed E-state index contributed by atoms with van der Waals surface area (Å²) >= 11 is 1.43. The van der Waals surface area contributed by atoms with Crippen molar-refractivity contribution in [2.75, 3.05) is 17.2 Å². The summed E-state index contributed by atoms with van der Waals surface area (Å²) < 4.78 is 0. The standard InChI is InChI=1S/C13H15N3OS/c1-3-16(10-4-6-15-7-5-10)13(17)12-8-11(14)9(2)18-12/h4-8H,3,14H2,1-2H3. The van der Waals surface area contributed by atoms with Gasteiger partial charge in [-0.1, -0.05) is 0 Å². The highest BCUT2D eigenvalue weighted by Crippen LogP contribution is 2.26. The summed E-state index contributed by atoms with van der Waals surface area (Å²) in [4.78, 5) is 19.7. The van der Waals surface area contributed by atoms with E-state index < -0.39 is 0 Å². The van der Waals surface area contributed by atoms with Crippen molar-refractivity contribution in [3.05, 3.63) is 40.3 Å². The molecule has 0 aliphatic heterocycles. The molecule has 5 heteroatoms. The molecule has 2 heterocycles. The smallest absolute Gasteiger partial charge is 0.268 e. The van der Waals surface area contributed by atoms with Crippen LogP contribution in [0.5, 0.6) is 0 Å². The lowest BCUT2D eigenvalue weighted by Crippen LogP contribution is -2.29. The van der Waals surface area contributed by atoms with Crippen LogP contribution in [0.25, 0.3) is 0 Å². The number of pyridine rings is 1. The molecular weight excluding hydrogens is 246 g/mol. The molecule has 0 fully saturated rings. The minimum absolute atomic E-state index is 0.0199. The summed E-state index contributed by atoms with van der Waals surface area (Å²) in [6.45, 7) is 4.47. The topological polar surface area (TPSA) is 59.2 Å². The highest BCUT2D eigenvalue weighted by molar-refractivity contribution is 7.14. The third-order valence-corrected chi connectivity index (χ3v) is 3.76. The number of thiophene rings is 1. The van der Waals surface area contributed by atoms with Crippen LogP contribution in [-0.2, 0) is 0 Å². The summed E-state index contributed by atoms with van der Waals surface area (Å²) in [6, 6.07) is 5.39. The summed E-state index contributed by atoms with van der Waals surface area (Å²) in [7, 11) is 0. The number of aromatic nitrogens is 1. The zero-order chi connectivity index (χ0) is 13.1. The van der Waals surface area contributed by atoms with Gasteiger partial charge < -0.3 is 10.6 Å². The average Bonchev–Trinajstić information content (AvgIpc) is 2.72. The van der Waals surface area contributed by atoms with Gasteiger partial charge in [0, 0.05) is 35.2 Å². The fourth-order valence-electron chi connectivity index (χ4n) is 1.70. The first-order chi connectivity index (χ1) is 8.63. The van der Waals surface area contributed by atoms with Crippen molar-refractivity contribution in [1.29, 1.82) is 0 Å². The van der Waals surface area contributed by atoms with E-state index in [1.54, 1.807) is 23.4 Å². The second-order valence-electron chi connectivity index (χ2n) is 3.88. The highest BCUT2D eigenvalue weighted by Gasteiger charge is 2.18. The van der Waals surface area contributed by atoms with Crippen molar-refractivity contribution in [2.24, 2.45) is 0 Å². The molecule has 0 radical (unpaired) electrons. The number of aryl methyl sites for hydroxylation is 1. The first-order valence-corrected chi connectivity index (χ1v) is 6.53. The number of nitrogens with two attached hydrogens (primary N) is 1. The lowest BCUT2D eigenvalue weighted by atomic mass is 10.3. The molecule has 18 heavy (non-hydrogen) atoms. The minimum Gasteiger partial charge on any atom is -0.398 e. The average molecular weight is 261 g/mol. The second-order valence-corrected chi connectivity index (χ2v) is 5.13. The van der Waals surface area contributed by atoms with Crippen LogP contribution in [0.1, 0.15) is 21.5 Å². The van der Waals surface area contributed by atoms with E-state index in [1.807, 2.05) is 26.0 Å². The normalized spacial score (nSPS) is 10.3. The van der Waals surface area contributed by atoms with E-state index in [0.29, 0.717) is 17.1 Å². The molecule has 0 aliphatic carbocycles. The Labute approximate surface area is 110 Å². The number of nitrogens with zero attached hydrogens (tertiary/aromatic N) is 2. The molecule has 0 saturated carbocycles. The van der Waals surface area contributed by atoms with E-state index in [9.17, 15) is 4.79 Å². The Morgan fingerprint density at radius 3 is 2.61 bits per heavy atom. The van der Waals surface area contributed by atoms with Gasteiger partial charge in [-0.2, -0.15) is 0 Å². The molecule has 0 spiro atoms. The van der Waals surface area contributed by atoms with E-state index in [1.165, 1.54) is 11.3 Å². The van der Waals surface area contributed by atoms with Crippen LogP contribution in [0.2, 0.25) is 0 Å². The van der Waals surface area contributed by atoms with E-state index in [4.69, 9.17) is 5.73 Å². The van der Waals surface area contributed by atoms with Crippen molar-refractivity contribution in [2.45, 2.75) is 13.8 Å². The maximum absolute atomic E-state index is 12.4. The maximum Gasteiger partial charge on any atom is 0.268 e. The monoisotopic (exact) mass is 261 g/mol. The summed E-state index contributed by atoms with van der Waals surface area (Å²) in [5.74, 6) is -0.0199. The Balaban J connectivity index is 2.31. The quantitative estimate of drug-likeness (QED) is 0.924. The summed E-state index contributed by atoms with van der Waals surface area (Å²) in [6.07, 6.45) is 3.36. The molecule has 2 aromatic heterocycles. The van der Waals surface area contributed by atoms with Gasteiger partial charge in [0.2, 0.25) is 0 Å². The Kier molecular flexibility index (Phi) is 3.62. The Morgan fingerprint density at radius 2 is 2.11 bits per heavy atom. The van der Waals surface area contributed by atoms with Crippen LogP contribution in [0.4, 0.5) is 11.4 Å². The van der Waals surface area contributed by atoms with Crippen molar-refractivity contribution in [3.8, 4) is 0 Å². The van der Waals surface area contributed by atoms with E-state index >= 15 is 0 Å². The largest absolute Gasteiger partial charge is 0.398 e. The third-order valence-electron chi connectivity index (χ3n) is 2.70. The van der Waals surface area contributed by atoms with Crippen LogP contribution in [0, 0.1) is 6.92 Å². The van der Waals surface area contributed by atoms with Crippen LogP contribution < -0.4 is 10.6 Å². The number of carbonyl (C=O) groups excluding carboxylic acids is 1. The van der Waals surface area contributed by atoms with Gasteiger partial charge in [0.1, 0.15) is 0 Å². The van der Waals surface area contributed by atoms with Gasteiger partial charge in [-0.15, -0.1) is 11.3 Å². The summed E-state index contributed by atoms with van der Waals surface area (Å²) in [5, 5.41) is 0. The van der Waals surface area contributed by atoms with Crippen molar-refractivity contribution >= 4 is 28.6 Å². The van der Waals surface area contributed by atoms with Gasteiger partial charge in [-0.05, 0) is 32.0 Å². The molecule has 0 aliphatic rings. The van der Waals surface area contributed by atoms with Gasteiger partial charge in [0.25, 0.3) is 5.91 Å². The van der Waals surface area contributed by atoms with Crippen LogP contribution in [-0.4, -0.2) is 17.4 Å². The molecule has 0 bridgehead atoms. The first kappa shape index (κ1) is 12.6.